The van der Waals surface area contributed by atoms with E-state index in [1.165, 1.54) is 5.56 Å². The van der Waals surface area contributed by atoms with Gasteiger partial charge in [0, 0.05) is 42.2 Å². The lowest BCUT2D eigenvalue weighted by atomic mass is 9.93. The largest absolute Gasteiger partial charge is 0.455 e. The predicted molar refractivity (Wildman–Crippen MR) is 118 cm³/mol. The van der Waals surface area contributed by atoms with Gasteiger partial charge in [0.05, 0.1) is 38.2 Å². The summed E-state index contributed by atoms with van der Waals surface area (Å²) in [6, 6.07) is 4.16. The number of amides is 1. The number of nitrogens with one attached hydrogen (secondary N) is 1. The molecule has 8 nitrogen and oxygen atoms in total. The standard InChI is InChI=1S/C24H28N4O4/c1-3-18-6-4-16(10-25-18)12-28-13-17-5-7-20-21(22(17)27-28)15(2)23(32-20)24(29)26-11-19-14-30-8-9-31-19/h4,6,10,13,19H,3,5,7-9,11-12,14H2,1-2H3,(H,26,29)/t19-/m1/s1. The van der Waals surface area contributed by atoms with Crippen molar-refractivity contribution in [3.05, 3.63) is 58.4 Å². The molecular weight excluding hydrogens is 408 g/mol. The van der Waals surface area contributed by atoms with Crippen LogP contribution in [-0.4, -0.2) is 53.1 Å². The number of ether oxygens (including phenoxy) is 2. The van der Waals surface area contributed by atoms with Gasteiger partial charge in [-0.15, -0.1) is 0 Å². The SMILES string of the molecule is CCc1ccc(Cn2cc3c(n2)-c2c(oc(C(=O)NC[C@@H]4COCCO4)c2C)CC3)cn1. The van der Waals surface area contributed by atoms with Crippen LogP contribution in [0, 0.1) is 6.92 Å². The molecule has 4 heterocycles. The predicted octanol–water partition coefficient (Wildman–Crippen LogP) is 2.70. The van der Waals surface area contributed by atoms with Crippen molar-refractivity contribution in [1.29, 1.82) is 0 Å². The lowest BCUT2D eigenvalue weighted by Crippen LogP contribution is -2.39. The Morgan fingerprint density at radius 2 is 2.19 bits per heavy atom. The van der Waals surface area contributed by atoms with Crippen molar-refractivity contribution in [1.82, 2.24) is 20.1 Å². The van der Waals surface area contributed by atoms with Gasteiger partial charge in [-0.05, 0) is 37.0 Å². The molecule has 0 aromatic carbocycles. The minimum absolute atomic E-state index is 0.124. The topological polar surface area (TPSA) is 91.4 Å². The van der Waals surface area contributed by atoms with Crippen LogP contribution in [0.15, 0.2) is 28.9 Å². The smallest absolute Gasteiger partial charge is 0.287 e. The van der Waals surface area contributed by atoms with E-state index in [4.69, 9.17) is 19.0 Å². The van der Waals surface area contributed by atoms with Crippen molar-refractivity contribution in [3.8, 4) is 11.3 Å². The van der Waals surface area contributed by atoms with E-state index in [1.54, 1.807) is 0 Å². The number of aromatic nitrogens is 3. The average Bonchev–Trinajstić information content (AvgIpc) is 3.39. The van der Waals surface area contributed by atoms with Crippen molar-refractivity contribution < 1.29 is 18.7 Å². The van der Waals surface area contributed by atoms with Crippen LogP contribution in [0.4, 0.5) is 0 Å². The van der Waals surface area contributed by atoms with E-state index in [9.17, 15) is 4.79 Å². The van der Waals surface area contributed by atoms with Crippen molar-refractivity contribution in [2.45, 2.75) is 45.8 Å². The van der Waals surface area contributed by atoms with Crippen LogP contribution in [0.5, 0.6) is 0 Å². The number of rotatable bonds is 6. The Labute approximate surface area is 186 Å². The Balaban J connectivity index is 1.34. The van der Waals surface area contributed by atoms with E-state index in [2.05, 4.69) is 35.6 Å². The molecule has 1 aliphatic heterocycles. The molecule has 1 N–H and O–H groups in total. The minimum Gasteiger partial charge on any atom is -0.455 e. The maximum Gasteiger partial charge on any atom is 0.287 e. The molecule has 1 saturated heterocycles. The van der Waals surface area contributed by atoms with Crippen molar-refractivity contribution >= 4 is 5.91 Å². The van der Waals surface area contributed by atoms with Gasteiger partial charge in [0.25, 0.3) is 5.91 Å². The first-order valence-corrected chi connectivity index (χ1v) is 11.2. The third-order valence-electron chi connectivity index (χ3n) is 6.09. The zero-order valence-electron chi connectivity index (χ0n) is 18.5. The number of hydrogen-bond acceptors (Lipinski definition) is 6. The molecular formula is C24H28N4O4. The van der Waals surface area contributed by atoms with E-state index in [0.717, 1.165) is 53.1 Å². The Bertz CT molecular complexity index is 1110. The summed E-state index contributed by atoms with van der Waals surface area (Å²) in [4.78, 5) is 17.3. The zero-order chi connectivity index (χ0) is 22.1. The van der Waals surface area contributed by atoms with Gasteiger partial charge < -0.3 is 19.2 Å². The number of furan rings is 1. The summed E-state index contributed by atoms with van der Waals surface area (Å²) in [7, 11) is 0. The van der Waals surface area contributed by atoms with Crippen LogP contribution in [0.2, 0.25) is 0 Å². The van der Waals surface area contributed by atoms with Crippen LogP contribution < -0.4 is 5.32 Å². The van der Waals surface area contributed by atoms with E-state index in [0.29, 0.717) is 38.7 Å². The van der Waals surface area contributed by atoms with Gasteiger partial charge in [-0.1, -0.05) is 13.0 Å². The van der Waals surface area contributed by atoms with Crippen LogP contribution in [0.25, 0.3) is 11.3 Å². The summed E-state index contributed by atoms with van der Waals surface area (Å²) in [6.07, 6.45) is 6.41. The van der Waals surface area contributed by atoms with Crippen molar-refractivity contribution in [2.75, 3.05) is 26.4 Å². The van der Waals surface area contributed by atoms with Gasteiger partial charge in [-0.3, -0.25) is 14.5 Å². The van der Waals surface area contributed by atoms with E-state index in [1.807, 2.05) is 17.8 Å². The van der Waals surface area contributed by atoms with Crippen LogP contribution in [0.1, 0.15) is 45.6 Å². The summed E-state index contributed by atoms with van der Waals surface area (Å²) in [5.74, 6) is 0.958. The molecule has 0 bridgehead atoms. The maximum atomic E-state index is 12.8. The van der Waals surface area contributed by atoms with Crippen LogP contribution in [-0.2, 0) is 35.3 Å². The Morgan fingerprint density at radius 3 is 2.94 bits per heavy atom. The molecule has 0 radical (unpaired) electrons. The summed E-state index contributed by atoms with van der Waals surface area (Å²) in [5, 5.41) is 7.76. The van der Waals surface area contributed by atoms with Gasteiger partial charge in [0.15, 0.2) is 5.76 Å². The molecule has 0 saturated carbocycles. The molecule has 0 unspecified atom stereocenters. The fraction of sp³-hybridized carbons (Fsp3) is 0.458. The fourth-order valence-corrected chi connectivity index (χ4v) is 4.35. The summed E-state index contributed by atoms with van der Waals surface area (Å²) < 4.78 is 18.9. The molecule has 32 heavy (non-hydrogen) atoms. The highest BCUT2D eigenvalue weighted by molar-refractivity contribution is 5.95. The molecule has 3 aromatic rings. The fourth-order valence-electron chi connectivity index (χ4n) is 4.35. The molecule has 8 heteroatoms. The number of fused-ring (bicyclic) bond motifs is 3. The number of carbonyl (C=O) groups is 1. The Kier molecular flexibility index (Phi) is 5.80. The van der Waals surface area contributed by atoms with Gasteiger partial charge >= 0.3 is 0 Å². The van der Waals surface area contributed by atoms with E-state index in [-0.39, 0.29) is 12.0 Å². The van der Waals surface area contributed by atoms with Gasteiger partial charge in [0.2, 0.25) is 0 Å². The number of carbonyl (C=O) groups excluding carboxylic acids is 1. The van der Waals surface area contributed by atoms with Gasteiger partial charge in [-0.2, -0.15) is 5.10 Å². The minimum atomic E-state index is -0.228. The summed E-state index contributed by atoms with van der Waals surface area (Å²) in [6.45, 7) is 6.73. The van der Waals surface area contributed by atoms with Crippen molar-refractivity contribution in [3.63, 3.8) is 0 Å². The first-order valence-electron chi connectivity index (χ1n) is 11.2. The summed E-state index contributed by atoms with van der Waals surface area (Å²) in [5.41, 5.74) is 6.07. The molecule has 0 spiro atoms. The monoisotopic (exact) mass is 436 g/mol. The highest BCUT2D eigenvalue weighted by Gasteiger charge is 2.30. The molecule has 1 aliphatic carbocycles. The first-order chi connectivity index (χ1) is 15.6. The molecule has 1 fully saturated rings. The lowest BCUT2D eigenvalue weighted by molar-refractivity contribution is -0.0856. The second kappa shape index (κ2) is 8.88. The molecule has 2 aliphatic rings. The number of pyridine rings is 1. The third kappa shape index (κ3) is 4.08. The van der Waals surface area contributed by atoms with E-state index < -0.39 is 0 Å². The summed E-state index contributed by atoms with van der Waals surface area (Å²) >= 11 is 0. The average molecular weight is 437 g/mol. The van der Waals surface area contributed by atoms with Crippen molar-refractivity contribution in [2.24, 2.45) is 0 Å². The number of hydrogen-bond donors (Lipinski definition) is 1. The molecule has 168 valence electrons. The molecule has 1 atom stereocenters. The van der Waals surface area contributed by atoms with E-state index >= 15 is 0 Å². The second-order valence-electron chi connectivity index (χ2n) is 8.34. The number of aryl methyl sites for hydroxylation is 3. The molecule has 5 rings (SSSR count). The number of nitrogens with zero attached hydrogens (tertiary/aromatic N) is 3. The first kappa shape index (κ1) is 20.9. The van der Waals surface area contributed by atoms with Crippen LogP contribution >= 0.6 is 0 Å². The van der Waals surface area contributed by atoms with Gasteiger partial charge in [0.1, 0.15) is 5.76 Å². The zero-order valence-corrected chi connectivity index (χ0v) is 18.5. The highest BCUT2D eigenvalue weighted by atomic mass is 16.6. The Morgan fingerprint density at radius 1 is 1.28 bits per heavy atom. The molecule has 1 amide bonds. The van der Waals surface area contributed by atoms with Crippen LogP contribution in [0.3, 0.4) is 0 Å². The maximum absolute atomic E-state index is 12.8. The lowest BCUT2D eigenvalue weighted by Gasteiger charge is -2.22. The second-order valence-corrected chi connectivity index (χ2v) is 8.34. The molecule has 3 aromatic heterocycles. The quantitative estimate of drug-likeness (QED) is 0.639. The highest BCUT2D eigenvalue weighted by Crippen LogP contribution is 2.38. The third-order valence-corrected chi connectivity index (χ3v) is 6.09. The normalized spacial score (nSPS) is 17.6. The van der Waals surface area contributed by atoms with Gasteiger partial charge in [-0.25, -0.2) is 0 Å². The Hall–Kier alpha value is -2.97.